The van der Waals surface area contributed by atoms with Crippen molar-refractivity contribution in [3.8, 4) is 11.5 Å². The summed E-state index contributed by atoms with van der Waals surface area (Å²) in [6.45, 7) is 4.25. The zero-order chi connectivity index (χ0) is 26.5. The molecule has 3 aromatic carbocycles. The van der Waals surface area contributed by atoms with Gasteiger partial charge in [-0.25, -0.2) is 14.1 Å². The van der Waals surface area contributed by atoms with Crippen molar-refractivity contribution in [2.24, 2.45) is 0 Å². The number of amides is 4. The van der Waals surface area contributed by atoms with Gasteiger partial charge in [0.05, 0.1) is 12.3 Å². The second-order valence-electron chi connectivity index (χ2n) is 8.15. The topological polar surface area (TPSA) is 84.9 Å². The van der Waals surface area contributed by atoms with Gasteiger partial charge >= 0.3 is 6.03 Å². The van der Waals surface area contributed by atoms with Crippen molar-refractivity contribution in [1.82, 2.24) is 5.32 Å². The lowest BCUT2D eigenvalue weighted by Crippen LogP contribution is -2.54. The second-order valence-corrected chi connectivity index (χ2v) is 9.00. The molecule has 37 heavy (non-hydrogen) atoms. The number of urea groups is 1. The summed E-state index contributed by atoms with van der Waals surface area (Å²) < 4.78 is 25.6. The Kier molecular flexibility index (Phi) is 8.03. The number of rotatable bonds is 8. The van der Waals surface area contributed by atoms with E-state index in [1.807, 2.05) is 26.0 Å². The van der Waals surface area contributed by atoms with Crippen LogP contribution in [0.25, 0.3) is 6.08 Å². The van der Waals surface area contributed by atoms with E-state index in [4.69, 9.17) is 9.47 Å². The zero-order valence-corrected chi connectivity index (χ0v) is 21.8. The smallest absolute Gasteiger partial charge is 0.335 e. The van der Waals surface area contributed by atoms with Crippen LogP contribution in [0.15, 0.2) is 70.7 Å². The summed E-state index contributed by atoms with van der Waals surface area (Å²) in [5.41, 5.74) is 2.30. The van der Waals surface area contributed by atoms with Crippen LogP contribution in [0.5, 0.6) is 11.5 Å². The predicted molar refractivity (Wildman–Crippen MR) is 141 cm³/mol. The highest BCUT2D eigenvalue weighted by Gasteiger charge is 2.37. The first-order valence-corrected chi connectivity index (χ1v) is 12.4. The molecule has 0 atom stereocenters. The number of ether oxygens (including phenoxy) is 2. The SMILES string of the molecule is CCOc1cc(/C=C2/C(=O)NC(=O)N(c3ccc(CC)cc3)C2=O)c(Br)cc1OCc1cccc(F)c1. The molecule has 1 fully saturated rings. The highest BCUT2D eigenvalue weighted by atomic mass is 79.9. The summed E-state index contributed by atoms with van der Waals surface area (Å²) in [6.07, 6.45) is 2.20. The number of carbonyl (C=O) groups is 3. The molecule has 0 spiro atoms. The molecule has 1 heterocycles. The van der Waals surface area contributed by atoms with E-state index in [2.05, 4.69) is 21.2 Å². The number of barbiturate groups is 1. The van der Waals surface area contributed by atoms with Crippen LogP contribution in [0.3, 0.4) is 0 Å². The Hall–Kier alpha value is -3.98. The fourth-order valence-corrected chi connectivity index (χ4v) is 4.20. The summed E-state index contributed by atoms with van der Waals surface area (Å²) in [5, 5.41) is 2.23. The van der Waals surface area contributed by atoms with Gasteiger partial charge in [0.1, 0.15) is 18.0 Å². The summed E-state index contributed by atoms with van der Waals surface area (Å²) in [4.78, 5) is 39.3. The van der Waals surface area contributed by atoms with Gasteiger partial charge in [-0.05, 0) is 72.5 Å². The van der Waals surface area contributed by atoms with Crippen molar-refractivity contribution in [2.45, 2.75) is 26.9 Å². The lowest BCUT2D eigenvalue weighted by atomic mass is 10.1. The predicted octanol–water partition coefficient (Wildman–Crippen LogP) is 5.79. The van der Waals surface area contributed by atoms with Crippen molar-refractivity contribution >= 4 is 45.5 Å². The van der Waals surface area contributed by atoms with E-state index in [-0.39, 0.29) is 18.0 Å². The fraction of sp³-hybridized carbons (Fsp3) is 0.179. The van der Waals surface area contributed by atoms with Gasteiger partial charge in [-0.15, -0.1) is 0 Å². The summed E-state index contributed by atoms with van der Waals surface area (Å²) in [6, 6.07) is 15.5. The van der Waals surface area contributed by atoms with Gasteiger partial charge in [-0.2, -0.15) is 0 Å². The van der Waals surface area contributed by atoms with E-state index < -0.39 is 17.8 Å². The molecule has 4 amide bonds. The fourth-order valence-electron chi connectivity index (χ4n) is 3.76. The van der Waals surface area contributed by atoms with E-state index in [0.29, 0.717) is 39.4 Å². The van der Waals surface area contributed by atoms with Crippen molar-refractivity contribution in [2.75, 3.05) is 11.5 Å². The quantitative estimate of drug-likeness (QED) is 0.275. The number of hydrogen-bond acceptors (Lipinski definition) is 5. The maximum absolute atomic E-state index is 13.5. The largest absolute Gasteiger partial charge is 0.490 e. The summed E-state index contributed by atoms with van der Waals surface area (Å²) >= 11 is 3.46. The Labute approximate surface area is 222 Å². The van der Waals surface area contributed by atoms with Crippen LogP contribution in [-0.2, 0) is 22.6 Å². The monoisotopic (exact) mass is 566 g/mol. The van der Waals surface area contributed by atoms with Gasteiger partial charge in [-0.1, -0.05) is 47.1 Å². The van der Waals surface area contributed by atoms with Crippen molar-refractivity contribution in [1.29, 1.82) is 0 Å². The maximum Gasteiger partial charge on any atom is 0.335 e. The number of benzene rings is 3. The molecule has 0 aromatic heterocycles. The van der Waals surface area contributed by atoms with Gasteiger partial charge < -0.3 is 9.47 Å². The van der Waals surface area contributed by atoms with Gasteiger partial charge in [0.25, 0.3) is 11.8 Å². The second kappa shape index (κ2) is 11.4. The Balaban J connectivity index is 1.65. The van der Waals surface area contributed by atoms with Crippen LogP contribution < -0.4 is 19.7 Å². The number of halogens is 2. The van der Waals surface area contributed by atoms with Gasteiger partial charge in [0.2, 0.25) is 0 Å². The van der Waals surface area contributed by atoms with Crippen LogP contribution in [0, 0.1) is 5.82 Å². The van der Waals surface area contributed by atoms with E-state index >= 15 is 0 Å². The van der Waals surface area contributed by atoms with Crippen LogP contribution in [0.2, 0.25) is 0 Å². The number of aryl methyl sites for hydroxylation is 1. The molecule has 7 nitrogen and oxygen atoms in total. The molecule has 1 saturated heterocycles. The minimum atomic E-state index is -0.813. The van der Waals surface area contributed by atoms with E-state index in [0.717, 1.165) is 16.9 Å². The van der Waals surface area contributed by atoms with Gasteiger partial charge in [-0.3, -0.25) is 14.9 Å². The number of anilines is 1. The Morgan fingerprint density at radius 3 is 2.35 bits per heavy atom. The standard InChI is InChI=1S/C28H24BrFN2O5/c1-3-17-8-10-21(11-9-17)32-27(34)22(26(33)31-28(32)35)13-19-14-24(36-4-2)25(15-23(19)29)37-16-18-6-5-7-20(30)12-18/h5-15H,3-4,16H2,1-2H3,(H,31,33,35)/b22-13-. The molecular weight excluding hydrogens is 543 g/mol. The minimum absolute atomic E-state index is 0.111. The molecule has 1 N–H and O–H groups in total. The molecule has 0 saturated carbocycles. The number of hydrogen-bond donors (Lipinski definition) is 1. The van der Waals surface area contributed by atoms with Crippen LogP contribution in [-0.4, -0.2) is 24.5 Å². The maximum atomic E-state index is 13.5. The van der Waals surface area contributed by atoms with E-state index in [1.54, 1.807) is 36.4 Å². The molecule has 0 unspecified atom stereocenters. The first kappa shape index (κ1) is 26.1. The molecule has 3 aromatic rings. The average molecular weight is 567 g/mol. The first-order chi connectivity index (χ1) is 17.8. The summed E-state index contributed by atoms with van der Waals surface area (Å²) in [5.74, 6) is -1.13. The lowest BCUT2D eigenvalue weighted by molar-refractivity contribution is -0.122. The first-order valence-electron chi connectivity index (χ1n) is 11.6. The van der Waals surface area contributed by atoms with Crippen LogP contribution >= 0.6 is 15.9 Å². The van der Waals surface area contributed by atoms with Gasteiger partial charge in [0.15, 0.2) is 11.5 Å². The lowest BCUT2D eigenvalue weighted by Gasteiger charge is -2.26. The van der Waals surface area contributed by atoms with Crippen LogP contribution in [0.1, 0.15) is 30.5 Å². The molecule has 4 rings (SSSR count). The Morgan fingerprint density at radius 1 is 0.946 bits per heavy atom. The highest BCUT2D eigenvalue weighted by molar-refractivity contribution is 9.10. The third kappa shape index (κ3) is 5.89. The third-order valence-electron chi connectivity index (χ3n) is 5.65. The number of imide groups is 2. The summed E-state index contributed by atoms with van der Waals surface area (Å²) in [7, 11) is 0. The molecule has 1 aliphatic heterocycles. The third-order valence-corrected chi connectivity index (χ3v) is 6.34. The highest BCUT2D eigenvalue weighted by Crippen LogP contribution is 2.36. The van der Waals surface area contributed by atoms with Crippen LogP contribution in [0.4, 0.5) is 14.9 Å². The normalized spacial score (nSPS) is 14.6. The van der Waals surface area contributed by atoms with Gasteiger partial charge in [0, 0.05) is 4.47 Å². The molecular formula is C28H24BrFN2O5. The number of nitrogens with zero attached hydrogens (tertiary/aromatic N) is 1. The molecule has 0 bridgehead atoms. The molecule has 0 radical (unpaired) electrons. The van der Waals surface area contributed by atoms with E-state index in [9.17, 15) is 18.8 Å². The molecule has 190 valence electrons. The van der Waals surface area contributed by atoms with E-state index in [1.165, 1.54) is 18.2 Å². The average Bonchev–Trinajstić information content (AvgIpc) is 2.87. The Bertz CT molecular complexity index is 1390. The minimum Gasteiger partial charge on any atom is -0.490 e. The molecule has 9 heteroatoms. The Morgan fingerprint density at radius 2 is 1.68 bits per heavy atom. The zero-order valence-electron chi connectivity index (χ0n) is 20.2. The number of nitrogens with one attached hydrogen (secondary N) is 1. The van der Waals surface area contributed by atoms with Crippen molar-refractivity contribution in [3.63, 3.8) is 0 Å². The molecule has 1 aliphatic rings. The number of carbonyl (C=O) groups excluding carboxylic acids is 3. The molecule has 0 aliphatic carbocycles. The van der Waals surface area contributed by atoms with Crippen molar-refractivity contribution < 1.29 is 28.2 Å². The van der Waals surface area contributed by atoms with Crippen molar-refractivity contribution in [3.05, 3.63) is 93.2 Å².